The zero-order valence-corrected chi connectivity index (χ0v) is 14.8. The Labute approximate surface area is 150 Å². The monoisotopic (exact) mass is 363 g/mol. The molecule has 1 aliphatic rings. The molecule has 132 valence electrons. The standard InChI is InChI=1S/C18H18ClNO5/c1-10(13-8-12(22-2)4-5-15(13)23-3)20-18(21)11-6-14(19)17-16(7-11)24-9-25-17/h4-8,10H,9H2,1-3H3,(H,20,21)/t10-/m0/s1. The lowest BCUT2D eigenvalue weighted by Crippen LogP contribution is -2.27. The van der Waals surface area contributed by atoms with E-state index >= 15 is 0 Å². The minimum absolute atomic E-state index is 0.0948. The number of methoxy groups -OCH3 is 2. The Morgan fingerprint density at radius 1 is 1.20 bits per heavy atom. The zero-order valence-electron chi connectivity index (χ0n) is 14.1. The number of ether oxygens (including phenoxy) is 4. The van der Waals surface area contributed by atoms with E-state index in [9.17, 15) is 4.79 Å². The summed E-state index contributed by atoms with van der Waals surface area (Å²) in [5, 5.41) is 3.27. The second kappa shape index (κ2) is 7.11. The molecule has 0 aromatic heterocycles. The summed E-state index contributed by atoms with van der Waals surface area (Å²) in [6.07, 6.45) is 0. The summed E-state index contributed by atoms with van der Waals surface area (Å²) >= 11 is 6.14. The van der Waals surface area contributed by atoms with E-state index in [4.69, 9.17) is 30.5 Å². The van der Waals surface area contributed by atoms with Crippen LogP contribution in [0.3, 0.4) is 0 Å². The molecule has 1 heterocycles. The Balaban J connectivity index is 1.83. The van der Waals surface area contributed by atoms with Crippen LogP contribution in [0, 0.1) is 0 Å². The Kier molecular flexibility index (Phi) is 4.90. The van der Waals surface area contributed by atoms with Gasteiger partial charge in [0, 0.05) is 11.1 Å². The molecule has 0 radical (unpaired) electrons. The number of hydrogen-bond acceptors (Lipinski definition) is 5. The minimum atomic E-state index is -0.304. The molecule has 0 fully saturated rings. The molecule has 1 N–H and O–H groups in total. The second-order valence-corrected chi connectivity index (χ2v) is 5.90. The highest BCUT2D eigenvalue weighted by Gasteiger charge is 2.22. The predicted molar refractivity (Wildman–Crippen MR) is 93.0 cm³/mol. The van der Waals surface area contributed by atoms with Crippen LogP contribution < -0.4 is 24.3 Å². The van der Waals surface area contributed by atoms with Crippen molar-refractivity contribution in [2.75, 3.05) is 21.0 Å². The number of fused-ring (bicyclic) bond motifs is 1. The average molecular weight is 364 g/mol. The molecule has 6 nitrogen and oxygen atoms in total. The molecular weight excluding hydrogens is 346 g/mol. The zero-order chi connectivity index (χ0) is 18.0. The summed E-state index contributed by atoms with van der Waals surface area (Å²) < 4.78 is 21.2. The molecule has 2 aromatic rings. The summed E-state index contributed by atoms with van der Waals surface area (Å²) in [6, 6.07) is 8.29. The van der Waals surface area contributed by atoms with Crippen molar-refractivity contribution >= 4 is 17.5 Å². The highest BCUT2D eigenvalue weighted by atomic mass is 35.5. The molecule has 0 saturated heterocycles. The fraction of sp³-hybridized carbons (Fsp3) is 0.278. The lowest BCUT2D eigenvalue weighted by atomic mass is 10.1. The van der Waals surface area contributed by atoms with E-state index in [2.05, 4.69) is 5.32 Å². The van der Waals surface area contributed by atoms with Crippen LogP contribution in [0.5, 0.6) is 23.0 Å². The third-order valence-electron chi connectivity index (χ3n) is 3.94. The fourth-order valence-electron chi connectivity index (χ4n) is 2.63. The number of amides is 1. The quantitative estimate of drug-likeness (QED) is 0.879. The number of nitrogens with one attached hydrogen (secondary N) is 1. The maximum absolute atomic E-state index is 12.6. The largest absolute Gasteiger partial charge is 0.497 e. The van der Waals surface area contributed by atoms with Crippen LogP contribution in [0.4, 0.5) is 0 Å². The SMILES string of the molecule is COc1ccc(OC)c([C@H](C)NC(=O)c2cc(Cl)c3c(c2)OCO3)c1. The van der Waals surface area contributed by atoms with Gasteiger partial charge in [-0.15, -0.1) is 0 Å². The normalized spacial score (nSPS) is 13.3. The van der Waals surface area contributed by atoms with E-state index in [0.717, 1.165) is 5.56 Å². The molecule has 0 aliphatic carbocycles. The van der Waals surface area contributed by atoms with Gasteiger partial charge in [-0.25, -0.2) is 0 Å². The van der Waals surface area contributed by atoms with Crippen LogP contribution in [0.15, 0.2) is 30.3 Å². The number of rotatable bonds is 5. The molecule has 25 heavy (non-hydrogen) atoms. The van der Waals surface area contributed by atoms with Gasteiger partial charge in [-0.3, -0.25) is 4.79 Å². The highest BCUT2D eigenvalue weighted by molar-refractivity contribution is 6.32. The first kappa shape index (κ1) is 17.2. The van der Waals surface area contributed by atoms with E-state index in [1.165, 1.54) is 0 Å². The lowest BCUT2D eigenvalue weighted by Gasteiger charge is -2.18. The average Bonchev–Trinajstić information content (AvgIpc) is 3.10. The van der Waals surface area contributed by atoms with Gasteiger partial charge in [-0.05, 0) is 37.3 Å². The van der Waals surface area contributed by atoms with Crippen molar-refractivity contribution in [3.63, 3.8) is 0 Å². The van der Waals surface area contributed by atoms with Crippen molar-refractivity contribution in [3.05, 3.63) is 46.5 Å². The van der Waals surface area contributed by atoms with Crippen LogP contribution in [0.1, 0.15) is 28.9 Å². The number of benzene rings is 2. The first-order chi connectivity index (χ1) is 12.0. The minimum Gasteiger partial charge on any atom is -0.497 e. The lowest BCUT2D eigenvalue weighted by molar-refractivity contribution is 0.0939. The summed E-state index contributed by atoms with van der Waals surface area (Å²) in [7, 11) is 3.17. The van der Waals surface area contributed by atoms with Gasteiger partial charge < -0.3 is 24.3 Å². The van der Waals surface area contributed by atoms with Gasteiger partial charge >= 0.3 is 0 Å². The molecular formula is C18H18ClNO5. The number of hydrogen-bond donors (Lipinski definition) is 1. The van der Waals surface area contributed by atoms with Gasteiger partial charge in [0.05, 0.1) is 25.3 Å². The predicted octanol–water partition coefficient (Wildman–Crippen LogP) is 3.58. The molecule has 2 aromatic carbocycles. The van der Waals surface area contributed by atoms with Crippen molar-refractivity contribution < 1.29 is 23.7 Å². The van der Waals surface area contributed by atoms with Gasteiger partial charge in [0.15, 0.2) is 11.5 Å². The van der Waals surface area contributed by atoms with Crippen molar-refractivity contribution in [1.82, 2.24) is 5.32 Å². The summed E-state index contributed by atoms with van der Waals surface area (Å²) in [5.74, 6) is 1.99. The van der Waals surface area contributed by atoms with Crippen LogP contribution in [0.25, 0.3) is 0 Å². The summed E-state index contributed by atoms with van der Waals surface area (Å²) in [5.41, 5.74) is 1.20. The molecule has 3 rings (SSSR count). The third-order valence-corrected chi connectivity index (χ3v) is 4.22. The topological polar surface area (TPSA) is 66.0 Å². The van der Waals surface area contributed by atoms with E-state index in [1.54, 1.807) is 38.5 Å². The Morgan fingerprint density at radius 2 is 2.00 bits per heavy atom. The van der Waals surface area contributed by atoms with E-state index in [0.29, 0.717) is 33.6 Å². The molecule has 7 heteroatoms. The number of carbonyl (C=O) groups is 1. The molecule has 1 amide bonds. The van der Waals surface area contributed by atoms with Crippen LogP contribution in [0.2, 0.25) is 5.02 Å². The molecule has 1 aliphatic heterocycles. The van der Waals surface area contributed by atoms with Gasteiger partial charge in [-0.2, -0.15) is 0 Å². The number of halogens is 1. The molecule has 0 saturated carbocycles. The van der Waals surface area contributed by atoms with E-state index < -0.39 is 0 Å². The van der Waals surface area contributed by atoms with Gasteiger partial charge in [-0.1, -0.05) is 11.6 Å². The highest BCUT2D eigenvalue weighted by Crippen LogP contribution is 2.40. The molecule has 0 bridgehead atoms. The second-order valence-electron chi connectivity index (χ2n) is 5.49. The molecule has 1 atom stereocenters. The van der Waals surface area contributed by atoms with E-state index in [1.807, 2.05) is 13.0 Å². The fourth-order valence-corrected chi connectivity index (χ4v) is 2.90. The van der Waals surface area contributed by atoms with Crippen LogP contribution in [-0.2, 0) is 0 Å². The molecule has 0 unspecified atom stereocenters. The van der Waals surface area contributed by atoms with E-state index in [-0.39, 0.29) is 18.7 Å². The van der Waals surface area contributed by atoms with Gasteiger partial charge in [0.2, 0.25) is 6.79 Å². The van der Waals surface area contributed by atoms with Gasteiger partial charge in [0.25, 0.3) is 5.91 Å². The first-order valence-corrected chi connectivity index (χ1v) is 8.03. The van der Waals surface area contributed by atoms with Crippen LogP contribution in [-0.4, -0.2) is 26.9 Å². The molecule has 0 spiro atoms. The Morgan fingerprint density at radius 3 is 2.72 bits per heavy atom. The third kappa shape index (κ3) is 3.44. The Bertz CT molecular complexity index is 808. The maximum Gasteiger partial charge on any atom is 0.251 e. The first-order valence-electron chi connectivity index (χ1n) is 7.65. The smallest absolute Gasteiger partial charge is 0.251 e. The summed E-state index contributed by atoms with van der Waals surface area (Å²) in [4.78, 5) is 12.6. The number of carbonyl (C=O) groups excluding carboxylic acids is 1. The Hall–Kier alpha value is -2.60. The maximum atomic E-state index is 12.6. The summed E-state index contributed by atoms with van der Waals surface area (Å²) in [6.45, 7) is 1.96. The van der Waals surface area contributed by atoms with Crippen molar-refractivity contribution in [3.8, 4) is 23.0 Å². The van der Waals surface area contributed by atoms with Crippen molar-refractivity contribution in [1.29, 1.82) is 0 Å². The van der Waals surface area contributed by atoms with Crippen molar-refractivity contribution in [2.45, 2.75) is 13.0 Å². The van der Waals surface area contributed by atoms with Crippen molar-refractivity contribution in [2.24, 2.45) is 0 Å². The van der Waals surface area contributed by atoms with Gasteiger partial charge in [0.1, 0.15) is 11.5 Å². The van der Waals surface area contributed by atoms with Crippen LogP contribution >= 0.6 is 11.6 Å².